The van der Waals surface area contributed by atoms with Gasteiger partial charge in [0.25, 0.3) is 0 Å². The number of rotatable bonds is 5. The molecule has 3 nitrogen and oxygen atoms in total. The Hall–Kier alpha value is -0.540. The summed E-state index contributed by atoms with van der Waals surface area (Å²) < 4.78 is 2.10. The van der Waals surface area contributed by atoms with E-state index < -0.39 is 0 Å². The summed E-state index contributed by atoms with van der Waals surface area (Å²) in [6, 6.07) is 0. The molecule has 1 saturated heterocycles. The van der Waals surface area contributed by atoms with Crippen LogP contribution in [0.2, 0.25) is 0 Å². The van der Waals surface area contributed by atoms with Gasteiger partial charge in [0.2, 0.25) is 0 Å². The van der Waals surface area contributed by atoms with Gasteiger partial charge < -0.3 is 9.47 Å². The van der Waals surface area contributed by atoms with E-state index in [1.165, 1.54) is 31.8 Å². The molecule has 1 atom stereocenters. The fourth-order valence-electron chi connectivity index (χ4n) is 2.40. The quantitative estimate of drug-likeness (QED) is 0.735. The molecule has 0 bridgehead atoms. The molecular formula is C12H20ClN3. The maximum atomic E-state index is 5.78. The third-order valence-electron chi connectivity index (χ3n) is 3.46. The Morgan fingerprint density at radius 1 is 1.56 bits per heavy atom. The normalized spacial score (nSPS) is 21.8. The van der Waals surface area contributed by atoms with Crippen LogP contribution in [0.3, 0.4) is 0 Å². The second-order valence-corrected chi connectivity index (χ2v) is 5.02. The predicted octanol–water partition coefficient (Wildman–Crippen LogP) is 1.91. The number of hydrogen-bond donors (Lipinski definition) is 0. The van der Waals surface area contributed by atoms with Gasteiger partial charge >= 0.3 is 0 Å². The molecule has 1 aliphatic rings. The number of halogens is 1. The van der Waals surface area contributed by atoms with Crippen LogP contribution >= 0.6 is 11.6 Å². The topological polar surface area (TPSA) is 21.1 Å². The zero-order valence-electron chi connectivity index (χ0n) is 9.90. The van der Waals surface area contributed by atoms with Crippen LogP contribution in [0.25, 0.3) is 0 Å². The maximum absolute atomic E-state index is 5.78. The molecular weight excluding hydrogens is 222 g/mol. The molecule has 0 N–H and O–H groups in total. The van der Waals surface area contributed by atoms with E-state index in [0.29, 0.717) is 0 Å². The first kappa shape index (κ1) is 11.9. The lowest BCUT2D eigenvalue weighted by Crippen LogP contribution is -2.24. The van der Waals surface area contributed by atoms with Gasteiger partial charge in [-0.2, -0.15) is 0 Å². The minimum absolute atomic E-state index is 0.803. The molecule has 1 aromatic rings. The number of imidazole rings is 1. The number of aromatic nitrogens is 2. The molecule has 1 fully saturated rings. The third kappa shape index (κ3) is 2.98. The summed E-state index contributed by atoms with van der Waals surface area (Å²) in [5, 5.41) is 0. The summed E-state index contributed by atoms with van der Waals surface area (Å²) in [5.74, 6) is 2.80. The molecule has 0 saturated carbocycles. The Kier molecular flexibility index (Phi) is 4.24. The average molecular weight is 242 g/mol. The van der Waals surface area contributed by atoms with Gasteiger partial charge in [-0.25, -0.2) is 4.98 Å². The second kappa shape index (κ2) is 5.69. The number of likely N-dealkylation sites (tertiary alicyclic amines) is 1. The highest BCUT2D eigenvalue weighted by molar-refractivity contribution is 6.17. The molecule has 0 amide bonds. The largest absolute Gasteiger partial charge is 0.338 e. The Morgan fingerprint density at radius 2 is 2.44 bits per heavy atom. The molecule has 2 rings (SSSR count). The van der Waals surface area contributed by atoms with Gasteiger partial charge in [-0.3, -0.25) is 0 Å². The molecule has 1 aromatic heterocycles. The first-order valence-electron chi connectivity index (χ1n) is 6.04. The molecule has 4 heteroatoms. The smallest absolute Gasteiger partial charge is 0.109 e. The summed E-state index contributed by atoms with van der Waals surface area (Å²) in [4.78, 5) is 6.88. The lowest BCUT2D eigenvalue weighted by atomic mass is 10.1. The van der Waals surface area contributed by atoms with Crippen LogP contribution < -0.4 is 0 Å². The number of nitrogens with zero attached hydrogens (tertiary/aromatic N) is 3. The fourth-order valence-corrected chi connectivity index (χ4v) is 2.71. The summed E-state index contributed by atoms with van der Waals surface area (Å²) in [6.45, 7) is 3.58. The van der Waals surface area contributed by atoms with Crippen molar-refractivity contribution in [3.8, 4) is 0 Å². The highest BCUT2D eigenvalue weighted by Gasteiger charge is 2.21. The van der Waals surface area contributed by atoms with Gasteiger partial charge in [0.15, 0.2) is 0 Å². The average Bonchev–Trinajstić information content (AvgIpc) is 2.86. The van der Waals surface area contributed by atoms with E-state index in [4.69, 9.17) is 11.6 Å². The first-order chi connectivity index (χ1) is 7.79. The van der Waals surface area contributed by atoms with Gasteiger partial charge in [-0.15, -0.1) is 11.6 Å². The first-order valence-corrected chi connectivity index (χ1v) is 6.57. The molecule has 2 heterocycles. The Labute approximate surface area is 102 Å². The summed E-state index contributed by atoms with van der Waals surface area (Å²) in [6.07, 6.45) is 7.41. The fraction of sp³-hybridized carbons (Fsp3) is 0.750. The van der Waals surface area contributed by atoms with Crippen molar-refractivity contribution < 1.29 is 0 Å². The number of hydrogen-bond acceptors (Lipinski definition) is 2. The zero-order valence-corrected chi connectivity index (χ0v) is 10.7. The van der Waals surface area contributed by atoms with E-state index >= 15 is 0 Å². The highest BCUT2D eigenvalue weighted by atomic mass is 35.5. The van der Waals surface area contributed by atoms with E-state index in [2.05, 4.69) is 21.5 Å². The Bertz CT molecular complexity index is 324. The minimum Gasteiger partial charge on any atom is -0.338 e. The van der Waals surface area contributed by atoms with E-state index in [1.54, 1.807) is 0 Å². The van der Waals surface area contributed by atoms with Crippen molar-refractivity contribution >= 4 is 11.6 Å². The molecule has 0 radical (unpaired) electrons. The van der Waals surface area contributed by atoms with Crippen molar-refractivity contribution in [2.75, 3.05) is 25.5 Å². The van der Waals surface area contributed by atoms with Gasteiger partial charge in [-0.05, 0) is 25.3 Å². The van der Waals surface area contributed by atoms with Gasteiger partial charge in [0.1, 0.15) is 5.82 Å². The molecule has 0 aliphatic carbocycles. The standard InChI is InChI=1S/C12H20ClN3/c1-15-9-6-14-12(15)4-8-16-7-3-11(10-16)2-5-13/h6,9,11H,2-5,7-8,10H2,1H3. The predicted molar refractivity (Wildman–Crippen MR) is 66.8 cm³/mol. The highest BCUT2D eigenvalue weighted by Crippen LogP contribution is 2.19. The molecule has 0 aromatic carbocycles. The van der Waals surface area contributed by atoms with Crippen molar-refractivity contribution in [2.45, 2.75) is 19.3 Å². The lowest BCUT2D eigenvalue weighted by molar-refractivity contribution is 0.323. The number of aryl methyl sites for hydroxylation is 1. The van der Waals surface area contributed by atoms with Gasteiger partial charge in [0, 0.05) is 44.8 Å². The Morgan fingerprint density at radius 3 is 3.12 bits per heavy atom. The van der Waals surface area contributed by atoms with E-state index in [0.717, 1.165) is 24.8 Å². The van der Waals surface area contributed by atoms with E-state index in [-0.39, 0.29) is 0 Å². The van der Waals surface area contributed by atoms with Crippen molar-refractivity contribution in [1.82, 2.24) is 14.5 Å². The monoisotopic (exact) mass is 241 g/mol. The summed E-state index contributed by atoms with van der Waals surface area (Å²) in [5.41, 5.74) is 0. The SMILES string of the molecule is Cn1ccnc1CCN1CCC(CCCl)C1. The lowest BCUT2D eigenvalue weighted by Gasteiger charge is -2.15. The second-order valence-electron chi connectivity index (χ2n) is 4.64. The number of alkyl halides is 1. The molecule has 1 aliphatic heterocycles. The van der Waals surface area contributed by atoms with Crippen molar-refractivity contribution in [3.05, 3.63) is 18.2 Å². The maximum Gasteiger partial charge on any atom is 0.109 e. The van der Waals surface area contributed by atoms with Crippen LogP contribution in [-0.4, -0.2) is 40.0 Å². The van der Waals surface area contributed by atoms with Gasteiger partial charge in [-0.1, -0.05) is 0 Å². The summed E-state index contributed by atoms with van der Waals surface area (Å²) >= 11 is 5.78. The van der Waals surface area contributed by atoms with Crippen LogP contribution in [0.15, 0.2) is 12.4 Å². The van der Waals surface area contributed by atoms with Crippen LogP contribution in [0.4, 0.5) is 0 Å². The van der Waals surface area contributed by atoms with Crippen molar-refractivity contribution in [3.63, 3.8) is 0 Å². The van der Waals surface area contributed by atoms with Crippen LogP contribution in [0.1, 0.15) is 18.7 Å². The van der Waals surface area contributed by atoms with Gasteiger partial charge in [0.05, 0.1) is 0 Å². The van der Waals surface area contributed by atoms with Crippen molar-refractivity contribution in [1.29, 1.82) is 0 Å². The minimum atomic E-state index is 0.803. The van der Waals surface area contributed by atoms with Crippen LogP contribution in [0, 0.1) is 5.92 Å². The molecule has 90 valence electrons. The Balaban J connectivity index is 1.74. The summed E-state index contributed by atoms with van der Waals surface area (Å²) in [7, 11) is 2.06. The van der Waals surface area contributed by atoms with Crippen molar-refractivity contribution in [2.24, 2.45) is 13.0 Å². The molecule has 16 heavy (non-hydrogen) atoms. The molecule has 0 spiro atoms. The van der Waals surface area contributed by atoms with E-state index in [1.807, 2.05) is 12.4 Å². The van der Waals surface area contributed by atoms with Crippen LogP contribution in [-0.2, 0) is 13.5 Å². The van der Waals surface area contributed by atoms with Crippen LogP contribution in [0.5, 0.6) is 0 Å². The zero-order chi connectivity index (χ0) is 11.4. The molecule has 1 unspecified atom stereocenters. The van der Waals surface area contributed by atoms with E-state index in [9.17, 15) is 0 Å². The third-order valence-corrected chi connectivity index (χ3v) is 3.68.